The van der Waals surface area contributed by atoms with E-state index < -0.39 is 10.9 Å². The Morgan fingerprint density at radius 1 is 1.10 bits per heavy atom. The number of carbonyl (C=O) groups is 1. The van der Waals surface area contributed by atoms with Crippen LogP contribution >= 0.6 is 11.3 Å². The Labute approximate surface area is 175 Å². The summed E-state index contributed by atoms with van der Waals surface area (Å²) in [4.78, 5) is 26.1. The first-order valence-electron chi connectivity index (χ1n) is 9.12. The molecule has 2 heterocycles. The molecule has 0 spiro atoms. The first-order valence-corrected chi connectivity index (χ1v) is 9.94. The van der Waals surface area contributed by atoms with Crippen LogP contribution in [0.25, 0.3) is 33.2 Å². The fourth-order valence-electron chi connectivity index (χ4n) is 3.00. The number of nitrogens with zero attached hydrogens (tertiary/aromatic N) is 2. The van der Waals surface area contributed by atoms with E-state index in [0.717, 1.165) is 20.8 Å². The highest BCUT2D eigenvalue weighted by Gasteiger charge is 2.13. The highest BCUT2D eigenvalue weighted by atomic mass is 32.1. The number of rotatable bonds is 7. The molecule has 8 heteroatoms. The molecule has 0 radical (unpaired) electrons. The van der Waals surface area contributed by atoms with Crippen molar-refractivity contribution in [2.75, 3.05) is 0 Å². The van der Waals surface area contributed by atoms with Crippen molar-refractivity contribution in [1.82, 2.24) is 4.98 Å². The molecule has 0 unspecified atom stereocenters. The number of thiazole rings is 1. The minimum atomic E-state index is -0.881. The number of fused-ring (bicyclic) bond motifs is 1. The number of non-ortho nitro benzene ring substituents is 1. The van der Waals surface area contributed by atoms with Gasteiger partial charge in [0.1, 0.15) is 16.5 Å². The number of hydrogen-bond acceptors (Lipinski definition) is 6. The zero-order valence-corrected chi connectivity index (χ0v) is 16.5. The SMILES string of the molecule is O=C(O)CCC(=Cc1ccc(-c2ccc([N+](=O)[O-])cc2)o1)c1nc2ccccc2s1. The Morgan fingerprint density at radius 3 is 2.57 bits per heavy atom. The molecule has 150 valence electrons. The summed E-state index contributed by atoms with van der Waals surface area (Å²) in [6.07, 6.45) is 2.11. The number of carboxylic acids is 1. The smallest absolute Gasteiger partial charge is 0.303 e. The number of nitro benzene ring substituents is 1. The summed E-state index contributed by atoms with van der Waals surface area (Å²) in [7, 11) is 0. The van der Waals surface area contributed by atoms with Gasteiger partial charge in [0.25, 0.3) is 5.69 Å². The second-order valence-electron chi connectivity index (χ2n) is 6.56. The van der Waals surface area contributed by atoms with Crippen molar-refractivity contribution in [2.24, 2.45) is 0 Å². The Hall–Kier alpha value is -3.78. The topological polar surface area (TPSA) is 106 Å². The van der Waals surface area contributed by atoms with Gasteiger partial charge in [-0.05, 0) is 54.5 Å². The van der Waals surface area contributed by atoms with E-state index in [0.29, 0.717) is 23.5 Å². The number of para-hydroxylation sites is 1. The summed E-state index contributed by atoms with van der Waals surface area (Å²) in [5.41, 5.74) is 2.37. The van der Waals surface area contributed by atoms with Gasteiger partial charge >= 0.3 is 5.97 Å². The van der Waals surface area contributed by atoms with Gasteiger partial charge in [0.15, 0.2) is 0 Å². The average molecular weight is 420 g/mol. The van der Waals surface area contributed by atoms with Gasteiger partial charge in [-0.15, -0.1) is 11.3 Å². The molecule has 1 N–H and O–H groups in total. The lowest BCUT2D eigenvalue weighted by Gasteiger charge is -2.02. The third kappa shape index (κ3) is 4.28. The predicted octanol–water partition coefficient (Wildman–Crippen LogP) is 5.87. The first-order chi connectivity index (χ1) is 14.5. The summed E-state index contributed by atoms with van der Waals surface area (Å²) < 4.78 is 6.91. The Bertz CT molecular complexity index is 1220. The highest BCUT2D eigenvalue weighted by Crippen LogP contribution is 2.32. The second kappa shape index (κ2) is 8.30. The minimum absolute atomic E-state index is 0.0113. The van der Waals surface area contributed by atoms with E-state index in [-0.39, 0.29) is 12.1 Å². The predicted molar refractivity (Wildman–Crippen MR) is 115 cm³/mol. The summed E-state index contributed by atoms with van der Waals surface area (Å²) >= 11 is 1.51. The molecule has 4 rings (SSSR count). The molecule has 7 nitrogen and oxygen atoms in total. The van der Waals surface area contributed by atoms with Crippen molar-refractivity contribution in [3.05, 3.63) is 81.5 Å². The third-order valence-corrected chi connectivity index (χ3v) is 5.59. The molecule has 2 aromatic carbocycles. The van der Waals surface area contributed by atoms with E-state index in [4.69, 9.17) is 9.52 Å². The number of allylic oxidation sites excluding steroid dienone is 1. The summed E-state index contributed by atoms with van der Waals surface area (Å²) in [5.74, 6) is 0.244. The Balaban J connectivity index is 1.66. The van der Waals surface area contributed by atoms with Crippen LogP contribution in [0.2, 0.25) is 0 Å². The number of aliphatic carboxylic acids is 1. The lowest BCUT2D eigenvalue weighted by atomic mass is 10.1. The van der Waals surface area contributed by atoms with E-state index in [1.54, 1.807) is 30.3 Å². The fraction of sp³-hybridized carbons (Fsp3) is 0.0909. The molecule has 0 atom stereocenters. The first kappa shape index (κ1) is 19.5. The van der Waals surface area contributed by atoms with Crippen molar-refractivity contribution < 1.29 is 19.2 Å². The van der Waals surface area contributed by atoms with E-state index in [1.165, 1.54) is 23.5 Å². The molecule has 0 amide bonds. The quantitative estimate of drug-likeness (QED) is 0.296. The minimum Gasteiger partial charge on any atom is -0.481 e. The van der Waals surface area contributed by atoms with Gasteiger partial charge in [-0.2, -0.15) is 0 Å². The number of aromatic nitrogens is 1. The molecule has 30 heavy (non-hydrogen) atoms. The van der Waals surface area contributed by atoms with E-state index in [2.05, 4.69) is 4.98 Å². The molecular weight excluding hydrogens is 404 g/mol. The molecular formula is C22H16N2O5S. The van der Waals surface area contributed by atoms with Crippen LogP contribution in [0, 0.1) is 10.1 Å². The molecule has 0 fully saturated rings. The van der Waals surface area contributed by atoms with Crippen molar-refractivity contribution >= 4 is 44.9 Å². The monoisotopic (exact) mass is 420 g/mol. The summed E-state index contributed by atoms with van der Waals surface area (Å²) in [6, 6.07) is 17.4. The van der Waals surface area contributed by atoms with Gasteiger partial charge in [0, 0.05) is 24.1 Å². The molecule has 0 aliphatic carbocycles. The van der Waals surface area contributed by atoms with Gasteiger partial charge < -0.3 is 9.52 Å². The van der Waals surface area contributed by atoms with Gasteiger partial charge in [-0.1, -0.05) is 12.1 Å². The Morgan fingerprint density at radius 2 is 1.87 bits per heavy atom. The standard InChI is InChI=1S/C22H16N2O5S/c25-21(26)12-7-15(22-23-18-3-1-2-4-20(18)30-22)13-17-10-11-19(29-17)14-5-8-16(9-6-14)24(27)28/h1-6,8-11,13H,7,12H2,(H,25,26). The van der Waals surface area contributed by atoms with Gasteiger partial charge in [-0.25, -0.2) is 4.98 Å². The number of carboxylic acid groups (broad SMARTS) is 1. The summed E-state index contributed by atoms with van der Waals surface area (Å²) in [6.45, 7) is 0. The van der Waals surface area contributed by atoms with Crippen LogP contribution in [0.5, 0.6) is 0 Å². The van der Waals surface area contributed by atoms with E-state index in [9.17, 15) is 14.9 Å². The Kier molecular flexibility index (Phi) is 5.40. The molecule has 0 saturated heterocycles. The van der Waals surface area contributed by atoms with Gasteiger partial charge in [0.2, 0.25) is 0 Å². The third-order valence-electron chi connectivity index (χ3n) is 4.48. The van der Waals surface area contributed by atoms with E-state index >= 15 is 0 Å². The second-order valence-corrected chi connectivity index (χ2v) is 7.59. The van der Waals surface area contributed by atoms with Gasteiger partial charge in [-0.3, -0.25) is 14.9 Å². The molecule has 2 aromatic heterocycles. The lowest BCUT2D eigenvalue weighted by Crippen LogP contribution is -1.95. The molecule has 0 aliphatic heterocycles. The van der Waals surface area contributed by atoms with Crippen LogP contribution in [0.4, 0.5) is 5.69 Å². The maximum Gasteiger partial charge on any atom is 0.303 e. The largest absolute Gasteiger partial charge is 0.481 e. The van der Waals surface area contributed by atoms with Crippen molar-refractivity contribution in [2.45, 2.75) is 12.8 Å². The summed E-state index contributed by atoms with van der Waals surface area (Å²) in [5, 5.41) is 20.7. The van der Waals surface area contributed by atoms with Crippen LogP contribution in [-0.4, -0.2) is 21.0 Å². The van der Waals surface area contributed by atoms with E-state index in [1.807, 2.05) is 24.3 Å². The maximum absolute atomic E-state index is 11.1. The van der Waals surface area contributed by atoms with Crippen LogP contribution < -0.4 is 0 Å². The van der Waals surface area contributed by atoms with Crippen LogP contribution in [0.15, 0.2) is 65.1 Å². The zero-order valence-electron chi connectivity index (χ0n) is 15.6. The average Bonchev–Trinajstić information content (AvgIpc) is 3.38. The van der Waals surface area contributed by atoms with Crippen molar-refractivity contribution in [1.29, 1.82) is 0 Å². The zero-order chi connectivity index (χ0) is 21.1. The fourth-order valence-corrected chi connectivity index (χ4v) is 4.01. The van der Waals surface area contributed by atoms with Crippen molar-refractivity contribution in [3.8, 4) is 11.3 Å². The van der Waals surface area contributed by atoms with Crippen LogP contribution in [-0.2, 0) is 4.79 Å². The molecule has 0 saturated carbocycles. The number of nitro groups is 1. The molecule has 4 aromatic rings. The highest BCUT2D eigenvalue weighted by molar-refractivity contribution is 7.19. The molecule has 0 bridgehead atoms. The van der Waals surface area contributed by atoms with Crippen LogP contribution in [0.3, 0.4) is 0 Å². The number of benzene rings is 2. The van der Waals surface area contributed by atoms with Crippen LogP contribution in [0.1, 0.15) is 23.6 Å². The van der Waals surface area contributed by atoms with Crippen molar-refractivity contribution in [3.63, 3.8) is 0 Å². The lowest BCUT2D eigenvalue weighted by molar-refractivity contribution is -0.384. The number of furan rings is 1. The normalized spacial score (nSPS) is 11.7. The number of hydrogen-bond donors (Lipinski definition) is 1. The van der Waals surface area contributed by atoms with Gasteiger partial charge in [0.05, 0.1) is 15.1 Å². The maximum atomic E-state index is 11.1. The molecule has 0 aliphatic rings.